The molecule has 174 valence electrons. The van der Waals surface area contributed by atoms with Gasteiger partial charge in [0.15, 0.2) is 0 Å². The predicted octanol–water partition coefficient (Wildman–Crippen LogP) is 5.12. The number of para-hydroxylation sites is 1. The van der Waals surface area contributed by atoms with E-state index in [1.54, 1.807) is 30.0 Å². The second kappa shape index (κ2) is 10.1. The Labute approximate surface area is 203 Å². The molecular weight excluding hydrogens is 459 g/mol. The molecule has 0 spiro atoms. The molecule has 3 aromatic rings. The molecule has 1 saturated heterocycles. The summed E-state index contributed by atoms with van der Waals surface area (Å²) in [6.45, 7) is 1.59. The number of fused-ring (bicyclic) bond motifs is 1. The van der Waals surface area contributed by atoms with Gasteiger partial charge in [0.2, 0.25) is 5.91 Å². The Morgan fingerprint density at radius 2 is 1.85 bits per heavy atom. The van der Waals surface area contributed by atoms with E-state index >= 15 is 0 Å². The zero-order valence-electron chi connectivity index (χ0n) is 18.8. The van der Waals surface area contributed by atoms with Gasteiger partial charge in [0, 0.05) is 72.7 Å². The minimum absolute atomic E-state index is 0.00867. The lowest BCUT2D eigenvalue weighted by molar-refractivity contribution is -0.126. The molecule has 1 aliphatic rings. The van der Waals surface area contributed by atoms with Crippen LogP contribution in [0.4, 0.5) is 4.79 Å². The molecule has 0 aliphatic carbocycles. The van der Waals surface area contributed by atoms with Gasteiger partial charge in [0.25, 0.3) is 0 Å². The lowest BCUT2D eigenvalue weighted by atomic mass is 9.90. The number of rotatable bonds is 5. The molecule has 8 heteroatoms. The molecule has 0 bridgehead atoms. The fourth-order valence-electron chi connectivity index (χ4n) is 4.52. The first-order chi connectivity index (χ1) is 15.8. The molecule has 4 rings (SSSR count). The summed E-state index contributed by atoms with van der Waals surface area (Å²) in [6, 6.07) is 13.6. The van der Waals surface area contributed by atoms with Crippen molar-refractivity contribution in [1.29, 1.82) is 0 Å². The first kappa shape index (κ1) is 23.5. The van der Waals surface area contributed by atoms with Gasteiger partial charge in [-0.25, -0.2) is 4.79 Å². The van der Waals surface area contributed by atoms with Crippen LogP contribution in [0.3, 0.4) is 0 Å². The minimum atomic E-state index is -0.134. The maximum absolute atomic E-state index is 13.0. The van der Waals surface area contributed by atoms with Crippen LogP contribution in [0.25, 0.3) is 10.9 Å². The Hall–Kier alpha value is -2.70. The molecular formula is C25H28Cl2N4O2. The van der Waals surface area contributed by atoms with Crippen LogP contribution in [0.5, 0.6) is 0 Å². The molecule has 1 unspecified atom stereocenters. The molecule has 1 atom stereocenters. The van der Waals surface area contributed by atoms with Crippen LogP contribution >= 0.6 is 23.2 Å². The molecule has 2 aromatic carbocycles. The van der Waals surface area contributed by atoms with Crippen LogP contribution in [0, 0.1) is 5.92 Å². The van der Waals surface area contributed by atoms with E-state index in [2.05, 4.69) is 16.4 Å². The van der Waals surface area contributed by atoms with Crippen molar-refractivity contribution >= 4 is 46.0 Å². The van der Waals surface area contributed by atoms with E-state index in [1.165, 1.54) is 0 Å². The second-order valence-corrected chi connectivity index (χ2v) is 9.54. The van der Waals surface area contributed by atoms with Crippen molar-refractivity contribution in [2.75, 3.05) is 33.7 Å². The third-order valence-corrected chi connectivity index (χ3v) is 6.90. The lowest BCUT2D eigenvalue weighted by Gasteiger charge is -2.33. The monoisotopic (exact) mass is 486 g/mol. The van der Waals surface area contributed by atoms with Crippen molar-refractivity contribution < 1.29 is 9.59 Å². The van der Waals surface area contributed by atoms with E-state index in [0.717, 1.165) is 22.0 Å². The largest absolute Gasteiger partial charge is 0.361 e. The highest BCUT2D eigenvalue weighted by atomic mass is 35.5. The van der Waals surface area contributed by atoms with Gasteiger partial charge in [-0.2, -0.15) is 0 Å². The zero-order valence-corrected chi connectivity index (χ0v) is 20.3. The van der Waals surface area contributed by atoms with E-state index in [1.807, 2.05) is 36.5 Å². The third-order valence-electron chi connectivity index (χ3n) is 6.33. The molecule has 2 heterocycles. The number of nitrogens with one attached hydrogen (secondary N) is 2. The van der Waals surface area contributed by atoms with Crippen molar-refractivity contribution in [2.24, 2.45) is 5.92 Å². The first-order valence-corrected chi connectivity index (χ1v) is 11.9. The highest BCUT2D eigenvalue weighted by Gasteiger charge is 2.29. The number of hydrogen-bond acceptors (Lipinski definition) is 2. The SMILES string of the molecule is CN(C)C(=O)N1CCC(C(=O)NCC(c2ccc(Cl)cc2Cl)c2c[nH]c3ccccc23)CC1. The topological polar surface area (TPSA) is 68.4 Å². The summed E-state index contributed by atoms with van der Waals surface area (Å²) in [7, 11) is 3.49. The van der Waals surface area contributed by atoms with Crippen LogP contribution in [0.15, 0.2) is 48.7 Å². The summed E-state index contributed by atoms with van der Waals surface area (Å²) < 4.78 is 0. The fourth-order valence-corrected chi connectivity index (χ4v) is 5.06. The molecule has 6 nitrogen and oxygen atoms in total. The number of halogens is 2. The Bertz CT molecular complexity index is 1150. The van der Waals surface area contributed by atoms with Gasteiger partial charge < -0.3 is 20.1 Å². The summed E-state index contributed by atoms with van der Waals surface area (Å²) in [5, 5.41) is 5.40. The van der Waals surface area contributed by atoms with Gasteiger partial charge in [0.05, 0.1) is 0 Å². The number of aromatic amines is 1. The normalized spacial score (nSPS) is 15.5. The molecule has 0 radical (unpaired) electrons. The van der Waals surface area contributed by atoms with Crippen LogP contribution in [0.2, 0.25) is 10.0 Å². The molecule has 33 heavy (non-hydrogen) atoms. The van der Waals surface area contributed by atoms with Gasteiger partial charge in [-0.1, -0.05) is 47.5 Å². The maximum atomic E-state index is 13.0. The summed E-state index contributed by atoms with van der Waals surface area (Å²) in [4.78, 5) is 31.9. The summed E-state index contributed by atoms with van der Waals surface area (Å²) in [6.07, 6.45) is 3.30. The van der Waals surface area contributed by atoms with Gasteiger partial charge in [-0.15, -0.1) is 0 Å². The average Bonchev–Trinajstić information content (AvgIpc) is 3.24. The number of piperidine rings is 1. The highest BCUT2D eigenvalue weighted by Crippen LogP contribution is 2.35. The Morgan fingerprint density at radius 1 is 1.12 bits per heavy atom. The van der Waals surface area contributed by atoms with Crippen LogP contribution in [-0.2, 0) is 4.79 Å². The lowest BCUT2D eigenvalue weighted by Crippen LogP contribution is -2.46. The zero-order chi connectivity index (χ0) is 23.5. The molecule has 3 amide bonds. The fraction of sp³-hybridized carbons (Fsp3) is 0.360. The smallest absolute Gasteiger partial charge is 0.319 e. The van der Waals surface area contributed by atoms with Gasteiger partial charge in [0.1, 0.15) is 0 Å². The predicted molar refractivity (Wildman–Crippen MR) is 133 cm³/mol. The number of nitrogens with zero attached hydrogens (tertiary/aromatic N) is 2. The van der Waals surface area contributed by atoms with E-state index < -0.39 is 0 Å². The Kier molecular flexibility index (Phi) is 7.15. The minimum Gasteiger partial charge on any atom is -0.361 e. The van der Waals surface area contributed by atoms with E-state index in [-0.39, 0.29) is 23.8 Å². The molecule has 1 aromatic heterocycles. The van der Waals surface area contributed by atoms with Crippen LogP contribution in [0.1, 0.15) is 29.9 Å². The number of aromatic nitrogens is 1. The average molecular weight is 487 g/mol. The first-order valence-electron chi connectivity index (χ1n) is 11.1. The highest BCUT2D eigenvalue weighted by molar-refractivity contribution is 6.35. The van der Waals surface area contributed by atoms with Gasteiger partial charge >= 0.3 is 6.03 Å². The van der Waals surface area contributed by atoms with E-state index in [0.29, 0.717) is 42.5 Å². The number of likely N-dealkylation sites (tertiary alicyclic amines) is 1. The molecule has 2 N–H and O–H groups in total. The second-order valence-electron chi connectivity index (χ2n) is 8.69. The number of urea groups is 1. The van der Waals surface area contributed by atoms with Crippen molar-refractivity contribution in [3.05, 3.63) is 69.8 Å². The quantitative estimate of drug-likeness (QED) is 0.525. The van der Waals surface area contributed by atoms with Crippen molar-refractivity contribution in [1.82, 2.24) is 20.1 Å². The number of carbonyl (C=O) groups is 2. The molecule has 1 aliphatic heterocycles. The molecule has 1 fully saturated rings. The maximum Gasteiger partial charge on any atom is 0.319 e. The van der Waals surface area contributed by atoms with Crippen molar-refractivity contribution in [3.8, 4) is 0 Å². The van der Waals surface area contributed by atoms with Crippen LogP contribution in [-0.4, -0.2) is 60.5 Å². The third kappa shape index (κ3) is 5.12. The number of H-pyrrole nitrogens is 1. The molecule has 0 saturated carbocycles. The number of benzene rings is 2. The van der Waals surface area contributed by atoms with E-state index in [4.69, 9.17) is 23.2 Å². The van der Waals surface area contributed by atoms with Crippen molar-refractivity contribution in [3.63, 3.8) is 0 Å². The van der Waals surface area contributed by atoms with Gasteiger partial charge in [-0.3, -0.25) is 4.79 Å². The standard InChI is InChI=1S/C25H28Cl2N4O2/c1-30(2)25(33)31-11-9-16(10-12-31)24(32)29-15-20(18-8-7-17(26)13-22(18)27)21-14-28-23-6-4-3-5-19(21)23/h3-8,13-14,16,20,28H,9-12,15H2,1-2H3,(H,29,32). The Balaban J connectivity index is 1.51. The van der Waals surface area contributed by atoms with Crippen molar-refractivity contribution in [2.45, 2.75) is 18.8 Å². The summed E-state index contributed by atoms with van der Waals surface area (Å²) in [5.74, 6) is -0.229. The Morgan fingerprint density at radius 3 is 2.55 bits per heavy atom. The van der Waals surface area contributed by atoms with Crippen LogP contribution < -0.4 is 5.32 Å². The number of amides is 3. The summed E-state index contributed by atoms with van der Waals surface area (Å²) >= 11 is 12.7. The van der Waals surface area contributed by atoms with E-state index in [9.17, 15) is 9.59 Å². The number of hydrogen-bond donors (Lipinski definition) is 2. The van der Waals surface area contributed by atoms with Gasteiger partial charge in [-0.05, 0) is 42.2 Å². The summed E-state index contributed by atoms with van der Waals surface area (Å²) in [5.41, 5.74) is 3.02. The number of carbonyl (C=O) groups excluding carboxylic acids is 2.